The number of benzene rings is 2. The number of fused-ring (bicyclic) bond motifs is 3. The van der Waals surface area contributed by atoms with Gasteiger partial charge < -0.3 is 14.9 Å². The van der Waals surface area contributed by atoms with Crippen LogP contribution in [0.2, 0.25) is 0 Å². The van der Waals surface area contributed by atoms with Gasteiger partial charge in [-0.1, -0.05) is 25.5 Å². The summed E-state index contributed by atoms with van der Waals surface area (Å²) in [6, 6.07) is 12.8. The number of hydrogen-bond donors (Lipinski definition) is 2. The maximum Gasteiger partial charge on any atom is 0.127 e. The molecule has 23 heavy (non-hydrogen) atoms. The van der Waals surface area contributed by atoms with E-state index in [9.17, 15) is 10.2 Å². The van der Waals surface area contributed by atoms with Gasteiger partial charge in [0.25, 0.3) is 0 Å². The summed E-state index contributed by atoms with van der Waals surface area (Å²) in [5.74, 6) is 3.02. The number of hydrogen-bond acceptors (Lipinski definition) is 3. The Hall–Kier alpha value is -2.16. The van der Waals surface area contributed by atoms with E-state index in [0.717, 1.165) is 29.7 Å². The van der Waals surface area contributed by atoms with E-state index < -0.39 is 0 Å². The topological polar surface area (TPSA) is 49.7 Å². The van der Waals surface area contributed by atoms with E-state index in [1.165, 1.54) is 6.42 Å². The first-order valence-electron chi connectivity index (χ1n) is 8.40. The van der Waals surface area contributed by atoms with Crippen molar-refractivity contribution in [3.63, 3.8) is 0 Å². The van der Waals surface area contributed by atoms with Crippen LogP contribution in [0.3, 0.4) is 0 Å². The largest absolute Gasteiger partial charge is 0.508 e. The summed E-state index contributed by atoms with van der Waals surface area (Å²) in [6.45, 7) is 2.31. The van der Waals surface area contributed by atoms with Crippen molar-refractivity contribution < 1.29 is 14.9 Å². The van der Waals surface area contributed by atoms with Crippen LogP contribution in [-0.2, 0) is 0 Å². The van der Waals surface area contributed by atoms with Crippen molar-refractivity contribution in [2.45, 2.75) is 38.2 Å². The molecular formula is C20H22O3. The van der Waals surface area contributed by atoms with Gasteiger partial charge in [-0.2, -0.15) is 0 Å². The lowest BCUT2D eigenvalue weighted by molar-refractivity contribution is 0.0561. The highest BCUT2D eigenvalue weighted by atomic mass is 16.5. The Morgan fingerprint density at radius 3 is 2.48 bits per heavy atom. The van der Waals surface area contributed by atoms with Crippen LogP contribution >= 0.6 is 0 Å². The summed E-state index contributed by atoms with van der Waals surface area (Å²) < 4.78 is 6.32. The second kappa shape index (κ2) is 5.48. The van der Waals surface area contributed by atoms with Crippen molar-refractivity contribution in [2.24, 2.45) is 11.8 Å². The first-order chi connectivity index (χ1) is 11.1. The van der Waals surface area contributed by atoms with E-state index in [4.69, 9.17) is 4.74 Å². The predicted octanol–water partition coefficient (Wildman–Crippen LogP) is 4.75. The number of rotatable bonds is 1. The molecule has 2 aliphatic rings. The van der Waals surface area contributed by atoms with Crippen LogP contribution in [0.15, 0.2) is 42.5 Å². The Kier molecular flexibility index (Phi) is 3.44. The fraction of sp³-hybridized carbons (Fsp3) is 0.400. The third-order valence-electron chi connectivity index (χ3n) is 5.42. The monoisotopic (exact) mass is 310 g/mol. The van der Waals surface area contributed by atoms with Gasteiger partial charge >= 0.3 is 0 Å². The van der Waals surface area contributed by atoms with Crippen LogP contribution in [0.4, 0.5) is 0 Å². The van der Waals surface area contributed by atoms with Gasteiger partial charge in [0, 0.05) is 11.5 Å². The maximum absolute atomic E-state index is 9.87. The molecule has 3 nitrogen and oxygen atoms in total. The Balaban J connectivity index is 1.77. The standard InChI is InChI=1S/C20H22O3/c1-12-2-8-16-17(10-12)18-11-15(22)7-9-19(18)23-20(16)13-3-5-14(21)6-4-13/h3-7,9,11-12,16-17,20-22H,2,8,10H2,1H3/t12?,16-,17+,20-/m1/s1. The minimum Gasteiger partial charge on any atom is -0.508 e. The number of phenolic OH excluding ortho intramolecular Hbond substituents is 2. The van der Waals surface area contributed by atoms with Gasteiger partial charge in [-0.05, 0) is 60.6 Å². The Bertz CT molecular complexity index is 707. The van der Waals surface area contributed by atoms with Gasteiger partial charge in [-0.25, -0.2) is 0 Å². The molecule has 1 fully saturated rings. The third-order valence-corrected chi connectivity index (χ3v) is 5.42. The summed E-state index contributed by atoms with van der Waals surface area (Å²) >= 11 is 0. The molecule has 1 heterocycles. The van der Waals surface area contributed by atoms with Crippen molar-refractivity contribution in [1.82, 2.24) is 0 Å². The minimum atomic E-state index is 0.0187. The molecule has 2 N–H and O–H groups in total. The van der Waals surface area contributed by atoms with Gasteiger partial charge in [0.1, 0.15) is 23.4 Å². The summed E-state index contributed by atoms with van der Waals surface area (Å²) in [5.41, 5.74) is 2.27. The molecule has 4 atom stereocenters. The molecule has 1 saturated carbocycles. The molecule has 2 aromatic carbocycles. The lowest BCUT2D eigenvalue weighted by atomic mass is 9.67. The van der Waals surface area contributed by atoms with Gasteiger partial charge in [0.2, 0.25) is 0 Å². The highest BCUT2D eigenvalue weighted by Crippen LogP contribution is 2.54. The Morgan fingerprint density at radius 1 is 0.957 bits per heavy atom. The molecule has 1 aliphatic carbocycles. The van der Waals surface area contributed by atoms with Crippen LogP contribution in [0.1, 0.15) is 49.3 Å². The molecule has 0 amide bonds. The Labute approximate surface area is 136 Å². The normalized spacial score (nSPS) is 29.3. The average molecular weight is 310 g/mol. The average Bonchev–Trinajstić information content (AvgIpc) is 2.55. The first-order valence-corrected chi connectivity index (χ1v) is 8.40. The van der Waals surface area contributed by atoms with E-state index in [-0.39, 0.29) is 11.9 Å². The van der Waals surface area contributed by atoms with Crippen LogP contribution in [0.25, 0.3) is 0 Å². The summed E-state index contributed by atoms with van der Waals surface area (Å²) in [7, 11) is 0. The molecule has 1 aliphatic heterocycles. The Morgan fingerprint density at radius 2 is 1.70 bits per heavy atom. The maximum atomic E-state index is 9.87. The first kappa shape index (κ1) is 14.4. The van der Waals surface area contributed by atoms with E-state index in [0.29, 0.717) is 23.5 Å². The van der Waals surface area contributed by atoms with Gasteiger partial charge in [0.15, 0.2) is 0 Å². The lowest BCUT2D eigenvalue weighted by Gasteiger charge is -2.44. The fourth-order valence-corrected chi connectivity index (χ4v) is 4.26. The van der Waals surface area contributed by atoms with Crippen LogP contribution in [0.5, 0.6) is 17.2 Å². The molecule has 4 rings (SSSR count). The van der Waals surface area contributed by atoms with Crippen LogP contribution in [-0.4, -0.2) is 10.2 Å². The van der Waals surface area contributed by atoms with E-state index in [1.54, 1.807) is 18.2 Å². The van der Waals surface area contributed by atoms with E-state index in [1.807, 2.05) is 24.3 Å². The molecule has 0 aromatic heterocycles. The SMILES string of the molecule is CC1CC[C@@H]2[C@H](C1)c1cc(O)ccc1O[C@@H]2c1ccc(O)cc1. The summed E-state index contributed by atoms with van der Waals surface area (Å²) in [5, 5.41) is 19.4. The number of phenols is 2. The van der Waals surface area contributed by atoms with Crippen molar-refractivity contribution >= 4 is 0 Å². The summed E-state index contributed by atoms with van der Waals surface area (Å²) in [4.78, 5) is 0. The number of aromatic hydroxyl groups is 2. The molecule has 0 spiro atoms. The van der Waals surface area contributed by atoms with Crippen molar-refractivity contribution in [2.75, 3.05) is 0 Å². The van der Waals surface area contributed by atoms with Gasteiger partial charge in [-0.3, -0.25) is 0 Å². The van der Waals surface area contributed by atoms with E-state index in [2.05, 4.69) is 6.92 Å². The predicted molar refractivity (Wildman–Crippen MR) is 88.8 cm³/mol. The minimum absolute atomic E-state index is 0.0187. The number of ether oxygens (including phenoxy) is 1. The van der Waals surface area contributed by atoms with E-state index >= 15 is 0 Å². The second-order valence-electron chi connectivity index (χ2n) is 7.04. The highest BCUT2D eigenvalue weighted by molar-refractivity contribution is 5.45. The molecule has 120 valence electrons. The zero-order chi connectivity index (χ0) is 16.0. The zero-order valence-corrected chi connectivity index (χ0v) is 13.3. The molecular weight excluding hydrogens is 288 g/mol. The van der Waals surface area contributed by atoms with Gasteiger partial charge in [0.05, 0.1) is 0 Å². The molecule has 2 aromatic rings. The van der Waals surface area contributed by atoms with Crippen molar-refractivity contribution in [3.8, 4) is 17.2 Å². The molecule has 0 saturated heterocycles. The second-order valence-corrected chi connectivity index (χ2v) is 7.04. The van der Waals surface area contributed by atoms with Crippen LogP contribution < -0.4 is 4.74 Å². The molecule has 3 heteroatoms. The fourth-order valence-electron chi connectivity index (χ4n) is 4.26. The molecule has 0 bridgehead atoms. The molecule has 1 unspecified atom stereocenters. The van der Waals surface area contributed by atoms with Crippen molar-refractivity contribution in [3.05, 3.63) is 53.6 Å². The van der Waals surface area contributed by atoms with Crippen LogP contribution in [0, 0.1) is 11.8 Å². The zero-order valence-electron chi connectivity index (χ0n) is 13.3. The summed E-state index contributed by atoms with van der Waals surface area (Å²) in [6.07, 6.45) is 3.50. The van der Waals surface area contributed by atoms with Crippen molar-refractivity contribution in [1.29, 1.82) is 0 Å². The molecule has 0 radical (unpaired) electrons. The quantitative estimate of drug-likeness (QED) is 0.799. The highest BCUT2D eigenvalue weighted by Gasteiger charge is 2.42. The lowest BCUT2D eigenvalue weighted by Crippen LogP contribution is -2.34. The third kappa shape index (κ3) is 2.54. The van der Waals surface area contributed by atoms with Gasteiger partial charge in [-0.15, -0.1) is 0 Å². The smallest absolute Gasteiger partial charge is 0.127 e.